The normalized spacial score (nSPS) is 24.9. The molecule has 1 heterocycles. The Morgan fingerprint density at radius 3 is 2.57 bits per heavy atom. The van der Waals surface area contributed by atoms with Crippen molar-refractivity contribution in [3.63, 3.8) is 0 Å². The highest BCUT2D eigenvalue weighted by Crippen LogP contribution is 2.21. The summed E-state index contributed by atoms with van der Waals surface area (Å²) in [5.41, 5.74) is 0. The molecule has 1 aliphatic heterocycles. The molecule has 0 spiro atoms. The molecule has 0 aromatic heterocycles. The zero-order valence-electron chi connectivity index (χ0n) is 8.69. The van der Waals surface area contributed by atoms with Crippen LogP contribution in [0.15, 0.2) is 0 Å². The summed E-state index contributed by atoms with van der Waals surface area (Å²) in [5.74, 6) is 0.0401. The van der Waals surface area contributed by atoms with E-state index in [2.05, 4.69) is 0 Å². The molecule has 1 saturated heterocycles. The first-order valence-electron chi connectivity index (χ1n) is 4.99. The summed E-state index contributed by atoms with van der Waals surface area (Å²) in [4.78, 5) is 11.3. The molecule has 0 saturated carbocycles. The summed E-state index contributed by atoms with van der Waals surface area (Å²) in [6.45, 7) is 3.58. The summed E-state index contributed by atoms with van der Waals surface area (Å²) in [6, 6.07) is -0.409. The predicted octanol–water partition coefficient (Wildman–Crippen LogP) is 0.780. The summed E-state index contributed by atoms with van der Waals surface area (Å²) in [7, 11) is -3.20. The van der Waals surface area contributed by atoms with E-state index in [1.54, 1.807) is 6.92 Å². The van der Waals surface area contributed by atoms with Crippen LogP contribution in [0.4, 0.5) is 0 Å². The molecular weight excluding hydrogens is 202 g/mol. The van der Waals surface area contributed by atoms with Gasteiger partial charge in [-0.25, -0.2) is 8.42 Å². The van der Waals surface area contributed by atoms with Gasteiger partial charge in [0, 0.05) is 6.54 Å². The van der Waals surface area contributed by atoms with Crippen molar-refractivity contribution in [2.24, 2.45) is 0 Å². The van der Waals surface area contributed by atoms with Gasteiger partial charge in [-0.15, -0.1) is 0 Å². The average Bonchev–Trinajstić information content (AvgIpc) is 2.18. The van der Waals surface area contributed by atoms with Crippen molar-refractivity contribution in [1.29, 1.82) is 0 Å². The van der Waals surface area contributed by atoms with Crippen LogP contribution >= 0.6 is 0 Å². The minimum atomic E-state index is -3.20. The highest BCUT2D eigenvalue weighted by Gasteiger charge is 2.33. The Morgan fingerprint density at radius 2 is 2.07 bits per heavy atom. The van der Waals surface area contributed by atoms with E-state index in [1.807, 2.05) is 0 Å². The number of piperidine rings is 1. The van der Waals surface area contributed by atoms with E-state index >= 15 is 0 Å². The van der Waals surface area contributed by atoms with Gasteiger partial charge in [-0.1, -0.05) is 6.42 Å². The van der Waals surface area contributed by atoms with Gasteiger partial charge < -0.3 is 0 Å². The van der Waals surface area contributed by atoms with Crippen LogP contribution in [-0.4, -0.2) is 36.8 Å². The fraction of sp³-hybridized carbons (Fsp3) is 0.889. The zero-order valence-corrected chi connectivity index (χ0v) is 9.51. The third-order valence-corrected chi connectivity index (χ3v) is 4.53. The van der Waals surface area contributed by atoms with E-state index in [9.17, 15) is 13.2 Å². The molecule has 4 nitrogen and oxygen atoms in total. The standard InChI is InChI=1S/C9H17NO3S/c1-3-14(12,13)10-7-5-4-6-9(10)8(2)11/h9H,3-7H2,1-2H3. The maximum atomic E-state index is 11.6. The third kappa shape index (κ3) is 2.33. The number of hydrogen-bond donors (Lipinski definition) is 0. The molecule has 0 bridgehead atoms. The van der Waals surface area contributed by atoms with Crippen molar-refractivity contribution < 1.29 is 13.2 Å². The number of ketones is 1. The van der Waals surface area contributed by atoms with E-state index in [4.69, 9.17) is 0 Å². The molecule has 1 atom stereocenters. The number of carbonyl (C=O) groups excluding carboxylic acids is 1. The van der Waals surface area contributed by atoms with E-state index in [0.29, 0.717) is 13.0 Å². The second-order valence-corrected chi connectivity index (χ2v) is 5.84. The number of carbonyl (C=O) groups is 1. The van der Waals surface area contributed by atoms with Crippen molar-refractivity contribution in [1.82, 2.24) is 4.31 Å². The van der Waals surface area contributed by atoms with Crippen molar-refractivity contribution in [3.05, 3.63) is 0 Å². The van der Waals surface area contributed by atoms with E-state index < -0.39 is 16.1 Å². The van der Waals surface area contributed by atoms with E-state index in [-0.39, 0.29) is 11.5 Å². The lowest BCUT2D eigenvalue weighted by atomic mass is 10.0. The molecule has 0 aromatic carbocycles. The fourth-order valence-corrected chi connectivity index (χ4v) is 3.19. The maximum Gasteiger partial charge on any atom is 0.214 e. The number of hydrogen-bond acceptors (Lipinski definition) is 3. The Labute approximate surface area is 85.3 Å². The van der Waals surface area contributed by atoms with Crippen LogP contribution in [0, 0.1) is 0 Å². The van der Waals surface area contributed by atoms with Gasteiger partial charge in [0.15, 0.2) is 0 Å². The second kappa shape index (κ2) is 4.40. The highest BCUT2D eigenvalue weighted by molar-refractivity contribution is 7.89. The molecule has 0 N–H and O–H groups in total. The van der Waals surface area contributed by atoms with Crippen molar-refractivity contribution in [3.8, 4) is 0 Å². The molecule has 0 amide bonds. The van der Waals surface area contributed by atoms with E-state index in [0.717, 1.165) is 12.8 Å². The monoisotopic (exact) mass is 219 g/mol. The van der Waals surface area contributed by atoms with Gasteiger partial charge in [0.05, 0.1) is 11.8 Å². The lowest BCUT2D eigenvalue weighted by Crippen LogP contribution is -2.47. The first kappa shape index (κ1) is 11.7. The Morgan fingerprint density at radius 1 is 1.43 bits per heavy atom. The largest absolute Gasteiger partial charge is 0.298 e. The van der Waals surface area contributed by atoms with Crippen molar-refractivity contribution >= 4 is 15.8 Å². The zero-order chi connectivity index (χ0) is 10.8. The number of Topliss-reactive ketones (excluding diaryl/α,β-unsaturated/α-hetero) is 1. The van der Waals surface area contributed by atoms with Crippen LogP contribution in [0.3, 0.4) is 0 Å². The van der Waals surface area contributed by atoms with E-state index in [1.165, 1.54) is 11.2 Å². The number of nitrogens with zero attached hydrogens (tertiary/aromatic N) is 1. The van der Waals surface area contributed by atoms with Crippen LogP contribution in [0.5, 0.6) is 0 Å². The smallest absolute Gasteiger partial charge is 0.214 e. The molecule has 0 aromatic rings. The van der Waals surface area contributed by atoms with Crippen LogP contribution in [-0.2, 0) is 14.8 Å². The van der Waals surface area contributed by atoms with Gasteiger partial charge in [0.2, 0.25) is 10.0 Å². The first-order chi connectivity index (χ1) is 6.49. The minimum Gasteiger partial charge on any atom is -0.298 e. The maximum absolute atomic E-state index is 11.6. The van der Waals surface area contributed by atoms with Gasteiger partial charge >= 0.3 is 0 Å². The van der Waals surface area contributed by atoms with Gasteiger partial charge in [0.25, 0.3) is 0 Å². The summed E-state index contributed by atoms with van der Waals surface area (Å²) in [6.07, 6.45) is 2.48. The molecule has 1 unspecified atom stereocenters. The summed E-state index contributed by atoms with van der Waals surface area (Å²) < 4.78 is 24.7. The molecule has 1 fully saturated rings. The lowest BCUT2D eigenvalue weighted by Gasteiger charge is -2.32. The second-order valence-electron chi connectivity index (χ2n) is 3.63. The average molecular weight is 219 g/mol. The predicted molar refractivity (Wildman–Crippen MR) is 54.5 cm³/mol. The van der Waals surface area contributed by atoms with Gasteiger partial charge in [-0.2, -0.15) is 4.31 Å². The summed E-state index contributed by atoms with van der Waals surface area (Å²) in [5, 5.41) is 0. The lowest BCUT2D eigenvalue weighted by molar-refractivity contribution is -0.121. The Hall–Kier alpha value is -0.420. The Balaban J connectivity index is 2.88. The minimum absolute atomic E-state index is 0.0401. The molecule has 14 heavy (non-hydrogen) atoms. The van der Waals surface area contributed by atoms with Crippen LogP contribution in [0.1, 0.15) is 33.1 Å². The van der Waals surface area contributed by atoms with Gasteiger partial charge in [-0.05, 0) is 26.7 Å². The Kier molecular flexibility index (Phi) is 3.66. The third-order valence-electron chi connectivity index (χ3n) is 2.65. The Bertz CT molecular complexity index is 310. The molecule has 1 rings (SSSR count). The molecule has 0 radical (unpaired) electrons. The molecule has 0 aliphatic carbocycles. The molecule has 82 valence electrons. The van der Waals surface area contributed by atoms with Crippen molar-refractivity contribution in [2.45, 2.75) is 39.2 Å². The first-order valence-corrected chi connectivity index (χ1v) is 6.60. The number of sulfonamides is 1. The van der Waals surface area contributed by atoms with Crippen LogP contribution in [0.2, 0.25) is 0 Å². The van der Waals surface area contributed by atoms with Crippen LogP contribution < -0.4 is 0 Å². The molecule has 1 aliphatic rings. The van der Waals surface area contributed by atoms with Crippen molar-refractivity contribution in [2.75, 3.05) is 12.3 Å². The van der Waals surface area contributed by atoms with Gasteiger partial charge in [0.1, 0.15) is 5.78 Å². The number of rotatable bonds is 3. The quantitative estimate of drug-likeness (QED) is 0.705. The van der Waals surface area contributed by atoms with Gasteiger partial charge in [-0.3, -0.25) is 4.79 Å². The highest BCUT2D eigenvalue weighted by atomic mass is 32.2. The molecular formula is C9H17NO3S. The topological polar surface area (TPSA) is 54.5 Å². The summed E-state index contributed by atoms with van der Waals surface area (Å²) >= 11 is 0. The van der Waals surface area contributed by atoms with Crippen LogP contribution in [0.25, 0.3) is 0 Å². The molecule has 5 heteroatoms. The fourth-order valence-electron chi connectivity index (χ4n) is 1.81. The SMILES string of the molecule is CCS(=O)(=O)N1CCCCC1C(C)=O.